The van der Waals surface area contributed by atoms with Crippen LogP contribution in [0.5, 0.6) is 0 Å². The number of sulfonamides is 1. The molecule has 0 unspecified atom stereocenters. The van der Waals surface area contributed by atoms with Gasteiger partial charge in [-0.05, 0) is 31.7 Å². The summed E-state index contributed by atoms with van der Waals surface area (Å²) in [4.78, 5) is 16.0. The Hall–Kier alpha value is -2.19. The molecule has 8 heteroatoms. The van der Waals surface area contributed by atoms with Gasteiger partial charge < -0.3 is 9.88 Å². The zero-order valence-corrected chi connectivity index (χ0v) is 13.0. The van der Waals surface area contributed by atoms with E-state index in [1.165, 1.54) is 19.2 Å². The van der Waals surface area contributed by atoms with E-state index in [1.54, 1.807) is 24.7 Å². The summed E-state index contributed by atoms with van der Waals surface area (Å²) in [6.45, 7) is 1.26. The second-order valence-electron chi connectivity index (χ2n) is 4.65. The fourth-order valence-electron chi connectivity index (χ4n) is 1.91. The molecular formula is C14H18N4O3S. The minimum absolute atomic E-state index is 0.0704. The van der Waals surface area contributed by atoms with Crippen LogP contribution in [0, 0.1) is 0 Å². The molecule has 0 radical (unpaired) electrons. The van der Waals surface area contributed by atoms with Crippen LogP contribution < -0.4 is 10.0 Å². The molecule has 0 bridgehead atoms. The molecule has 22 heavy (non-hydrogen) atoms. The van der Waals surface area contributed by atoms with Gasteiger partial charge in [-0.15, -0.1) is 0 Å². The first kappa shape index (κ1) is 16.2. The van der Waals surface area contributed by atoms with Gasteiger partial charge in [0.1, 0.15) is 0 Å². The summed E-state index contributed by atoms with van der Waals surface area (Å²) in [5.41, 5.74) is 0.318. The molecule has 0 fully saturated rings. The second-order valence-corrected chi connectivity index (χ2v) is 6.53. The van der Waals surface area contributed by atoms with Crippen molar-refractivity contribution in [3.05, 3.63) is 48.5 Å². The Balaban J connectivity index is 1.91. The maximum Gasteiger partial charge on any atom is 0.251 e. The topological polar surface area (TPSA) is 93.1 Å². The SMILES string of the molecule is CNS(=O)(=O)c1cccc(C(=O)NCCCn2ccnc2)c1. The van der Waals surface area contributed by atoms with Gasteiger partial charge in [-0.3, -0.25) is 4.79 Å². The molecule has 0 saturated heterocycles. The van der Waals surface area contributed by atoms with Crippen molar-refractivity contribution in [1.29, 1.82) is 0 Å². The zero-order valence-electron chi connectivity index (χ0n) is 12.2. The quantitative estimate of drug-likeness (QED) is 0.731. The van der Waals surface area contributed by atoms with Crippen LogP contribution >= 0.6 is 0 Å². The van der Waals surface area contributed by atoms with Gasteiger partial charge in [0.2, 0.25) is 10.0 Å². The third-order valence-corrected chi connectivity index (χ3v) is 4.53. The molecule has 2 aromatic rings. The fourth-order valence-corrected chi connectivity index (χ4v) is 2.68. The lowest BCUT2D eigenvalue weighted by Crippen LogP contribution is -2.26. The van der Waals surface area contributed by atoms with Crippen molar-refractivity contribution in [2.45, 2.75) is 17.9 Å². The van der Waals surface area contributed by atoms with Gasteiger partial charge in [-0.2, -0.15) is 0 Å². The third-order valence-electron chi connectivity index (χ3n) is 3.11. The molecule has 0 spiro atoms. The van der Waals surface area contributed by atoms with Crippen LogP contribution in [0.1, 0.15) is 16.8 Å². The van der Waals surface area contributed by atoms with Gasteiger partial charge in [0.15, 0.2) is 0 Å². The van der Waals surface area contributed by atoms with Crippen LogP contribution in [0.2, 0.25) is 0 Å². The number of rotatable bonds is 7. The van der Waals surface area contributed by atoms with Crippen molar-refractivity contribution in [2.75, 3.05) is 13.6 Å². The average Bonchev–Trinajstić information content (AvgIpc) is 3.05. The number of carbonyl (C=O) groups excluding carboxylic acids is 1. The van der Waals surface area contributed by atoms with Gasteiger partial charge in [0, 0.05) is 31.0 Å². The number of hydrogen-bond donors (Lipinski definition) is 2. The second kappa shape index (κ2) is 7.19. The Kier molecular flexibility index (Phi) is 5.29. The lowest BCUT2D eigenvalue weighted by Gasteiger charge is -2.07. The number of aryl methyl sites for hydroxylation is 1. The molecule has 2 N–H and O–H groups in total. The molecule has 1 aromatic carbocycles. The molecule has 0 aliphatic carbocycles. The Morgan fingerprint density at radius 2 is 2.18 bits per heavy atom. The summed E-state index contributed by atoms with van der Waals surface area (Å²) in [5.74, 6) is -0.293. The van der Waals surface area contributed by atoms with Crippen molar-refractivity contribution in [3.63, 3.8) is 0 Å². The highest BCUT2D eigenvalue weighted by Crippen LogP contribution is 2.11. The van der Waals surface area contributed by atoms with Crippen molar-refractivity contribution in [1.82, 2.24) is 19.6 Å². The van der Waals surface area contributed by atoms with Crippen LogP contribution in [0.3, 0.4) is 0 Å². The molecule has 2 rings (SSSR count). The van der Waals surface area contributed by atoms with E-state index in [-0.39, 0.29) is 10.8 Å². The lowest BCUT2D eigenvalue weighted by atomic mass is 10.2. The minimum Gasteiger partial charge on any atom is -0.352 e. The van der Waals surface area contributed by atoms with E-state index < -0.39 is 10.0 Å². The number of imidazole rings is 1. The Morgan fingerprint density at radius 3 is 2.86 bits per heavy atom. The monoisotopic (exact) mass is 322 g/mol. The average molecular weight is 322 g/mol. The van der Waals surface area contributed by atoms with E-state index in [2.05, 4.69) is 15.0 Å². The van der Waals surface area contributed by atoms with Crippen molar-refractivity contribution in [3.8, 4) is 0 Å². The molecule has 1 amide bonds. The van der Waals surface area contributed by atoms with Crippen molar-refractivity contribution >= 4 is 15.9 Å². The predicted octanol–water partition coefficient (Wildman–Crippen LogP) is 0.611. The van der Waals surface area contributed by atoms with Gasteiger partial charge in [-0.25, -0.2) is 18.1 Å². The molecule has 0 aliphatic rings. The van der Waals surface area contributed by atoms with Gasteiger partial charge in [-0.1, -0.05) is 6.07 Å². The Bertz CT molecular complexity index is 726. The molecule has 118 valence electrons. The molecule has 0 saturated carbocycles. The molecule has 0 atom stereocenters. The molecule has 0 aliphatic heterocycles. The summed E-state index contributed by atoms with van der Waals surface area (Å²) in [6.07, 6.45) is 6.03. The smallest absolute Gasteiger partial charge is 0.251 e. The van der Waals surface area contributed by atoms with Crippen LogP contribution in [0.4, 0.5) is 0 Å². The first-order valence-corrected chi connectivity index (χ1v) is 8.29. The summed E-state index contributed by atoms with van der Waals surface area (Å²) < 4.78 is 27.6. The number of hydrogen-bond acceptors (Lipinski definition) is 4. The third kappa shape index (κ3) is 4.15. The standard InChI is InChI=1S/C14H18N4O3S/c1-15-22(20,21)13-5-2-4-12(10-13)14(19)17-6-3-8-18-9-7-16-11-18/h2,4-5,7,9-11,15H,3,6,8H2,1H3,(H,17,19). The number of aromatic nitrogens is 2. The maximum absolute atomic E-state index is 12.0. The Labute approximate surface area is 129 Å². The van der Waals surface area contributed by atoms with E-state index in [9.17, 15) is 13.2 Å². The van der Waals surface area contributed by atoms with E-state index >= 15 is 0 Å². The minimum atomic E-state index is -3.55. The first-order valence-electron chi connectivity index (χ1n) is 6.80. The summed E-state index contributed by atoms with van der Waals surface area (Å²) in [5, 5.41) is 2.77. The molecule has 1 aromatic heterocycles. The van der Waals surface area contributed by atoms with Crippen LogP contribution in [0.25, 0.3) is 0 Å². The van der Waals surface area contributed by atoms with Gasteiger partial charge >= 0.3 is 0 Å². The van der Waals surface area contributed by atoms with Crippen LogP contribution in [0.15, 0.2) is 47.9 Å². The van der Waals surface area contributed by atoms with Crippen molar-refractivity contribution in [2.24, 2.45) is 0 Å². The van der Waals surface area contributed by atoms with Crippen LogP contribution in [-0.2, 0) is 16.6 Å². The van der Waals surface area contributed by atoms with Gasteiger partial charge in [0.25, 0.3) is 5.91 Å². The number of carbonyl (C=O) groups is 1. The largest absolute Gasteiger partial charge is 0.352 e. The summed E-state index contributed by atoms with van der Waals surface area (Å²) >= 11 is 0. The molecular weight excluding hydrogens is 304 g/mol. The number of benzene rings is 1. The normalized spacial score (nSPS) is 11.3. The summed E-state index contributed by atoms with van der Waals surface area (Å²) in [6, 6.07) is 5.93. The van der Waals surface area contributed by atoms with E-state index in [4.69, 9.17) is 0 Å². The highest BCUT2D eigenvalue weighted by molar-refractivity contribution is 7.89. The summed E-state index contributed by atoms with van der Waals surface area (Å²) in [7, 11) is -2.22. The van der Waals surface area contributed by atoms with E-state index in [1.807, 2.05) is 10.8 Å². The maximum atomic E-state index is 12.0. The number of nitrogens with zero attached hydrogens (tertiary/aromatic N) is 2. The zero-order chi connectivity index (χ0) is 16.0. The first-order chi connectivity index (χ1) is 10.5. The van der Waals surface area contributed by atoms with Crippen molar-refractivity contribution < 1.29 is 13.2 Å². The predicted molar refractivity (Wildman–Crippen MR) is 81.9 cm³/mol. The molecule has 1 heterocycles. The fraction of sp³-hybridized carbons (Fsp3) is 0.286. The molecule has 7 nitrogen and oxygen atoms in total. The number of nitrogens with one attached hydrogen (secondary N) is 2. The number of amides is 1. The lowest BCUT2D eigenvalue weighted by molar-refractivity contribution is 0.0952. The van der Waals surface area contributed by atoms with E-state index in [0.29, 0.717) is 12.1 Å². The highest BCUT2D eigenvalue weighted by atomic mass is 32.2. The van der Waals surface area contributed by atoms with Gasteiger partial charge in [0.05, 0.1) is 11.2 Å². The Morgan fingerprint density at radius 1 is 1.36 bits per heavy atom. The van der Waals surface area contributed by atoms with E-state index in [0.717, 1.165) is 13.0 Å². The van der Waals surface area contributed by atoms with Crippen LogP contribution in [-0.4, -0.2) is 37.5 Å². The highest BCUT2D eigenvalue weighted by Gasteiger charge is 2.13.